The predicted octanol–water partition coefficient (Wildman–Crippen LogP) is 9.16. The van der Waals surface area contributed by atoms with E-state index >= 15 is 0 Å². The van der Waals surface area contributed by atoms with E-state index in [-0.39, 0.29) is 59.5 Å². The third-order valence-electron chi connectivity index (χ3n) is 12.2. The van der Waals surface area contributed by atoms with Crippen molar-refractivity contribution in [1.29, 1.82) is 0 Å². The first-order valence-corrected chi connectivity index (χ1v) is 26.0. The van der Waals surface area contributed by atoms with Crippen molar-refractivity contribution in [1.82, 2.24) is 20.7 Å². The number of carbonyl (C=O) groups is 4. The summed E-state index contributed by atoms with van der Waals surface area (Å²) in [6, 6.07) is 34.6. The van der Waals surface area contributed by atoms with E-state index in [0.717, 1.165) is 25.7 Å². The van der Waals surface area contributed by atoms with Crippen LogP contribution in [-0.4, -0.2) is 108 Å². The molecule has 2 unspecified atom stereocenters. The van der Waals surface area contributed by atoms with Crippen LogP contribution in [-0.2, 0) is 14.3 Å². The van der Waals surface area contributed by atoms with Crippen LogP contribution in [0.2, 0.25) is 0 Å². The number of nitrogens with zero attached hydrogens (tertiary/aromatic N) is 4. The number of phenols is 2. The Kier molecular flexibility index (Phi) is 18.7. The number of methoxy groups -OCH3 is 3. The summed E-state index contributed by atoms with van der Waals surface area (Å²) < 4.78 is 55.0. The van der Waals surface area contributed by atoms with Crippen LogP contribution in [0.4, 0.5) is 8.78 Å². The molecule has 0 aromatic heterocycles. The number of rotatable bonds is 18. The van der Waals surface area contributed by atoms with E-state index in [1.54, 1.807) is 92.0 Å². The van der Waals surface area contributed by atoms with Crippen molar-refractivity contribution in [3.8, 4) is 34.5 Å². The molecular formula is C56H54F2N6O11S2. The molecule has 400 valence electrons. The van der Waals surface area contributed by atoms with E-state index in [4.69, 9.17) is 23.7 Å². The van der Waals surface area contributed by atoms with E-state index in [1.807, 2.05) is 0 Å². The predicted molar refractivity (Wildman–Crippen MR) is 287 cm³/mol. The molecule has 9 rings (SSSR count). The summed E-state index contributed by atoms with van der Waals surface area (Å²) in [5.74, 6) is -1.40. The van der Waals surface area contributed by atoms with E-state index in [9.17, 15) is 38.2 Å². The fourth-order valence-electron chi connectivity index (χ4n) is 8.43. The maximum Gasteiger partial charge on any atom is 0.279 e. The monoisotopic (exact) mass is 1090 g/mol. The molecule has 2 aliphatic heterocycles. The molecule has 77 heavy (non-hydrogen) atoms. The molecule has 1 fully saturated rings. The summed E-state index contributed by atoms with van der Waals surface area (Å²) >= 11 is 2.54. The van der Waals surface area contributed by atoms with Gasteiger partial charge in [0.15, 0.2) is 36.2 Å². The van der Waals surface area contributed by atoms with E-state index in [0.29, 0.717) is 68.5 Å². The van der Waals surface area contributed by atoms with Gasteiger partial charge >= 0.3 is 0 Å². The Morgan fingerprint density at radius 3 is 1.47 bits per heavy atom. The standard InChI is InChI=1S/C29H28FN3O5S.C27H26FN3O6S/c1-37-26-22(10-6-12-24(26)38-17-25(35)31-20-7-2-3-8-20)29-33(28(36)21-9-4-5-11-23(21)34)32-27(39-29)18-13-15-19(30)16-14-18;1-35-15-14-29-23(33)16-37-22-9-5-7-20(24(22)36-2)27-31(26(34)19-6-3-4-8-21(19)32)30-25(38-27)17-10-12-18(28)13-11-17/h4-6,9-16,20,29,34H,2-3,7-8,17H2,1H3,(H,31,35);3-13,27,32H,14-16H2,1-2H3,(H,29,33). The highest BCUT2D eigenvalue weighted by atomic mass is 32.2. The minimum absolute atomic E-state index is 0.0707. The quantitative estimate of drug-likeness (QED) is 0.0593. The molecule has 4 N–H and O–H groups in total. The molecular weight excluding hydrogens is 1030 g/mol. The van der Waals surface area contributed by atoms with E-state index in [2.05, 4.69) is 20.8 Å². The number of hydrogen-bond donors (Lipinski definition) is 4. The van der Waals surface area contributed by atoms with Crippen molar-refractivity contribution in [2.75, 3.05) is 47.7 Å². The van der Waals surface area contributed by atoms with Gasteiger partial charge in [-0.2, -0.15) is 10.2 Å². The molecule has 6 aromatic carbocycles. The number of amides is 4. The molecule has 0 radical (unpaired) electrons. The van der Waals surface area contributed by atoms with Crippen LogP contribution >= 0.6 is 23.5 Å². The van der Waals surface area contributed by atoms with Gasteiger partial charge in [0, 0.05) is 42.0 Å². The second kappa shape index (κ2) is 26.1. The Morgan fingerprint density at radius 1 is 0.597 bits per heavy atom. The van der Waals surface area contributed by atoms with Gasteiger partial charge in [-0.3, -0.25) is 19.2 Å². The SMILES string of the molecule is COCCNC(=O)COc1cccc(C2SC(c3ccc(F)cc3)=NN2C(=O)c2ccccc2O)c1OC.COc1c(OCC(=O)NC2CCCC2)cccc1C1SC(c2ccc(F)cc2)=NN1C(=O)c1ccccc1O. The Bertz CT molecular complexity index is 3140. The van der Waals surface area contributed by atoms with E-state index < -0.39 is 28.4 Å². The maximum atomic E-state index is 13.6. The van der Waals surface area contributed by atoms with Crippen molar-refractivity contribution >= 4 is 57.2 Å². The third-order valence-corrected chi connectivity index (χ3v) is 14.6. The molecule has 21 heteroatoms. The average Bonchev–Trinajstić information content (AvgIpc) is 4.26. The van der Waals surface area contributed by atoms with Gasteiger partial charge in [0.2, 0.25) is 0 Å². The first-order chi connectivity index (χ1) is 37.4. The summed E-state index contributed by atoms with van der Waals surface area (Å²) in [5, 5.41) is 37.5. The number of phenolic OH excluding ortho intramolecular Hbond substituents is 2. The average molecular weight is 1090 g/mol. The zero-order valence-corrected chi connectivity index (χ0v) is 43.7. The number of aromatic hydroxyl groups is 2. The number of benzene rings is 6. The number of nitrogens with one attached hydrogen (secondary N) is 2. The normalized spacial score (nSPS) is 15.9. The molecule has 0 saturated heterocycles. The summed E-state index contributed by atoms with van der Waals surface area (Å²) in [6.45, 7) is 0.299. The molecule has 2 atom stereocenters. The summed E-state index contributed by atoms with van der Waals surface area (Å²) in [7, 11) is 4.49. The number of carbonyl (C=O) groups excluding carboxylic acids is 4. The Labute approximate surface area is 451 Å². The minimum Gasteiger partial charge on any atom is -0.507 e. The van der Waals surface area contributed by atoms with Gasteiger partial charge in [-0.15, -0.1) is 0 Å². The maximum absolute atomic E-state index is 13.6. The van der Waals surface area contributed by atoms with Crippen LogP contribution in [0, 0.1) is 11.6 Å². The zero-order chi connectivity index (χ0) is 54.4. The van der Waals surface area contributed by atoms with Gasteiger partial charge in [0.1, 0.15) is 44.0 Å². The number of ether oxygens (including phenoxy) is 5. The second-order valence-electron chi connectivity index (χ2n) is 17.3. The molecule has 1 aliphatic carbocycles. The van der Waals surface area contributed by atoms with Crippen molar-refractivity contribution in [2.24, 2.45) is 10.2 Å². The van der Waals surface area contributed by atoms with Gasteiger partial charge < -0.3 is 44.5 Å². The summed E-state index contributed by atoms with van der Waals surface area (Å²) in [6.07, 6.45) is 4.17. The molecule has 3 aliphatic rings. The van der Waals surface area contributed by atoms with Crippen molar-refractivity contribution in [3.63, 3.8) is 0 Å². The fraction of sp³-hybridized carbons (Fsp3) is 0.250. The molecule has 0 spiro atoms. The lowest BCUT2D eigenvalue weighted by atomic mass is 10.1. The van der Waals surface area contributed by atoms with Gasteiger partial charge in [-0.05, 0) is 97.8 Å². The Hall–Kier alpha value is -8.14. The van der Waals surface area contributed by atoms with E-state index in [1.165, 1.54) is 96.3 Å². The number of thioether (sulfide) groups is 2. The highest BCUT2D eigenvalue weighted by Crippen LogP contribution is 2.49. The lowest BCUT2D eigenvalue weighted by Gasteiger charge is -2.24. The second-order valence-corrected chi connectivity index (χ2v) is 19.5. The minimum atomic E-state index is -0.712. The van der Waals surface area contributed by atoms with Crippen LogP contribution in [0.1, 0.15) is 79.4 Å². The highest BCUT2D eigenvalue weighted by molar-refractivity contribution is 8.15. The largest absolute Gasteiger partial charge is 0.507 e. The van der Waals surface area contributed by atoms with Crippen molar-refractivity contribution < 1.29 is 61.9 Å². The summed E-state index contributed by atoms with van der Waals surface area (Å²) in [5.41, 5.74) is 2.55. The van der Waals surface area contributed by atoms with Crippen LogP contribution in [0.5, 0.6) is 34.5 Å². The molecule has 17 nitrogen and oxygen atoms in total. The molecule has 1 saturated carbocycles. The fourth-order valence-corrected chi connectivity index (χ4v) is 10.8. The number of halogens is 2. The highest BCUT2D eigenvalue weighted by Gasteiger charge is 2.39. The van der Waals surface area contributed by atoms with Gasteiger partial charge in [0.25, 0.3) is 23.6 Å². The van der Waals surface area contributed by atoms with Crippen molar-refractivity contribution in [3.05, 3.63) is 178 Å². The molecule has 6 aromatic rings. The first kappa shape index (κ1) is 55.1. The van der Waals surface area contributed by atoms with Crippen LogP contribution in [0.3, 0.4) is 0 Å². The topological polar surface area (TPSA) is 210 Å². The Morgan fingerprint density at radius 2 is 1.04 bits per heavy atom. The van der Waals surface area contributed by atoms with Crippen LogP contribution in [0.15, 0.2) is 144 Å². The number of para-hydroxylation sites is 4. The zero-order valence-electron chi connectivity index (χ0n) is 42.0. The summed E-state index contributed by atoms with van der Waals surface area (Å²) in [4.78, 5) is 51.8. The molecule has 0 bridgehead atoms. The molecule has 2 heterocycles. The third kappa shape index (κ3) is 13.5. The number of hydrazone groups is 2. The Balaban J connectivity index is 0.000000204. The lowest BCUT2D eigenvalue weighted by molar-refractivity contribution is -0.124. The van der Waals surface area contributed by atoms with Gasteiger partial charge in [-0.25, -0.2) is 18.8 Å². The smallest absolute Gasteiger partial charge is 0.279 e. The first-order valence-electron chi connectivity index (χ1n) is 24.3. The van der Waals surface area contributed by atoms with Crippen molar-refractivity contribution in [2.45, 2.75) is 42.5 Å². The van der Waals surface area contributed by atoms with Crippen LogP contribution < -0.4 is 29.6 Å². The van der Waals surface area contributed by atoms with Crippen LogP contribution in [0.25, 0.3) is 0 Å². The van der Waals surface area contributed by atoms with Gasteiger partial charge in [0.05, 0.1) is 32.0 Å². The lowest BCUT2D eigenvalue weighted by Crippen LogP contribution is -2.36. The van der Waals surface area contributed by atoms with Gasteiger partial charge in [-0.1, -0.05) is 84.9 Å². The molecule has 4 amide bonds. The number of hydrogen-bond acceptors (Lipinski definition) is 15.